The number of carbonyl (C=O) groups excluding carboxylic acids is 1. The van der Waals surface area contributed by atoms with Gasteiger partial charge < -0.3 is 25.2 Å². The van der Waals surface area contributed by atoms with Crippen LogP contribution in [0.1, 0.15) is 19.8 Å². The Balaban J connectivity index is 1.44. The summed E-state index contributed by atoms with van der Waals surface area (Å²) >= 11 is 0. The molecule has 7 nitrogen and oxygen atoms in total. The predicted molar refractivity (Wildman–Crippen MR) is 108 cm³/mol. The monoisotopic (exact) mass is 373 g/mol. The molecule has 1 aromatic carbocycles. The van der Waals surface area contributed by atoms with Crippen molar-refractivity contribution in [3.8, 4) is 0 Å². The first-order chi connectivity index (χ1) is 13.3. The van der Waals surface area contributed by atoms with Gasteiger partial charge in [0.15, 0.2) is 5.96 Å². The standard InChI is InChI=1S/C20H31N5O2/c1-2-21-20(22-15-18-9-6-14-27-18)23-16-19(26)25-12-10-24(11-13-25)17-7-4-3-5-8-17/h3-5,7-8,18H,2,6,9-16H2,1H3,(H2,21,22,23). The molecular formula is C20H31N5O2. The summed E-state index contributed by atoms with van der Waals surface area (Å²) in [6.07, 6.45) is 2.44. The van der Waals surface area contributed by atoms with Crippen LogP contribution in [-0.2, 0) is 9.53 Å². The highest BCUT2D eigenvalue weighted by atomic mass is 16.5. The van der Waals surface area contributed by atoms with Crippen molar-refractivity contribution < 1.29 is 9.53 Å². The summed E-state index contributed by atoms with van der Waals surface area (Å²) in [5.41, 5.74) is 1.22. The highest BCUT2D eigenvalue weighted by Crippen LogP contribution is 2.15. The van der Waals surface area contributed by atoms with Gasteiger partial charge >= 0.3 is 0 Å². The van der Waals surface area contributed by atoms with E-state index in [-0.39, 0.29) is 18.6 Å². The number of carbonyl (C=O) groups is 1. The molecule has 27 heavy (non-hydrogen) atoms. The second-order valence-corrected chi connectivity index (χ2v) is 6.91. The number of benzene rings is 1. The minimum absolute atomic E-state index is 0.0806. The quantitative estimate of drug-likeness (QED) is 0.577. The van der Waals surface area contributed by atoms with Gasteiger partial charge in [0.2, 0.25) is 5.91 Å². The van der Waals surface area contributed by atoms with Crippen molar-refractivity contribution in [3.05, 3.63) is 30.3 Å². The van der Waals surface area contributed by atoms with E-state index in [0.29, 0.717) is 5.96 Å². The Morgan fingerprint density at radius 3 is 2.63 bits per heavy atom. The summed E-state index contributed by atoms with van der Waals surface area (Å²) in [7, 11) is 0. The van der Waals surface area contributed by atoms with Gasteiger partial charge in [-0.05, 0) is 31.9 Å². The predicted octanol–water partition coefficient (Wildman–Crippen LogP) is 1.07. The molecule has 2 aliphatic heterocycles. The number of hydrogen-bond acceptors (Lipinski definition) is 4. The van der Waals surface area contributed by atoms with E-state index in [9.17, 15) is 4.79 Å². The molecule has 0 bridgehead atoms. The number of ether oxygens (including phenoxy) is 1. The van der Waals surface area contributed by atoms with E-state index in [2.05, 4.69) is 32.7 Å². The van der Waals surface area contributed by atoms with Crippen LogP contribution in [-0.4, -0.2) is 75.3 Å². The molecule has 2 aliphatic rings. The third-order valence-electron chi connectivity index (χ3n) is 4.99. The van der Waals surface area contributed by atoms with E-state index in [0.717, 1.165) is 58.7 Å². The van der Waals surface area contributed by atoms with E-state index in [1.165, 1.54) is 5.69 Å². The second kappa shape index (κ2) is 10.2. The fourth-order valence-corrected chi connectivity index (χ4v) is 3.46. The van der Waals surface area contributed by atoms with Crippen LogP contribution in [0.2, 0.25) is 0 Å². The number of amides is 1. The summed E-state index contributed by atoms with van der Waals surface area (Å²) < 4.78 is 5.62. The number of hydrogen-bond donors (Lipinski definition) is 2. The minimum Gasteiger partial charge on any atom is -0.376 e. The van der Waals surface area contributed by atoms with Crippen LogP contribution >= 0.6 is 0 Å². The Morgan fingerprint density at radius 2 is 1.96 bits per heavy atom. The molecule has 148 valence electrons. The summed E-state index contributed by atoms with van der Waals surface area (Å²) in [5, 5.41) is 6.48. The number of nitrogens with zero attached hydrogens (tertiary/aromatic N) is 3. The molecule has 2 heterocycles. The molecule has 1 aromatic rings. The molecular weight excluding hydrogens is 342 g/mol. The van der Waals surface area contributed by atoms with Crippen molar-refractivity contribution >= 4 is 17.6 Å². The average molecular weight is 374 g/mol. The molecule has 2 N–H and O–H groups in total. The Labute approximate surface area is 161 Å². The van der Waals surface area contributed by atoms with Crippen molar-refractivity contribution in [1.29, 1.82) is 0 Å². The number of aliphatic imine (C=N–C) groups is 1. The number of anilines is 1. The maximum Gasteiger partial charge on any atom is 0.244 e. The third-order valence-corrected chi connectivity index (χ3v) is 4.99. The van der Waals surface area contributed by atoms with Crippen molar-refractivity contribution in [3.63, 3.8) is 0 Å². The fourth-order valence-electron chi connectivity index (χ4n) is 3.46. The lowest BCUT2D eigenvalue weighted by atomic mass is 10.2. The minimum atomic E-state index is 0.0806. The van der Waals surface area contributed by atoms with Crippen molar-refractivity contribution in [1.82, 2.24) is 15.5 Å². The van der Waals surface area contributed by atoms with E-state index >= 15 is 0 Å². The first kappa shape index (κ1) is 19.5. The SMILES string of the molecule is CCNC(=NCC(=O)N1CCN(c2ccccc2)CC1)NCC1CCCO1. The molecule has 3 rings (SSSR count). The molecule has 0 spiro atoms. The van der Waals surface area contributed by atoms with Crippen LogP contribution in [0, 0.1) is 0 Å². The van der Waals surface area contributed by atoms with Crippen LogP contribution in [0.3, 0.4) is 0 Å². The number of nitrogens with one attached hydrogen (secondary N) is 2. The molecule has 1 unspecified atom stereocenters. The summed E-state index contributed by atoms with van der Waals surface area (Å²) in [4.78, 5) is 21.2. The number of piperazine rings is 1. The molecule has 2 saturated heterocycles. The Hall–Kier alpha value is -2.28. The number of guanidine groups is 1. The largest absolute Gasteiger partial charge is 0.376 e. The zero-order valence-corrected chi connectivity index (χ0v) is 16.2. The lowest BCUT2D eigenvalue weighted by Crippen LogP contribution is -2.49. The Morgan fingerprint density at radius 1 is 1.19 bits per heavy atom. The maximum atomic E-state index is 12.5. The highest BCUT2D eigenvalue weighted by Gasteiger charge is 2.21. The maximum absolute atomic E-state index is 12.5. The topological polar surface area (TPSA) is 69.2 Å². The van der Waals surface area contributed by atoms with Crippen LogP contribution < -0.4 is 15.5 Å². The highest BCUT2D eigenvalue weighted by molar-refractivity contribution is 5.85. The van der Waals surface area contributed by atoms with Gasteiger partial charge in [-0.3, -0.25) is 4.79 Å². The molecule has 0 saturated carbocycles. The van der Waals surface area contributed by atoms with Crippen LogP contribution in [0.5, 0.6) is 0 Å². The van der Waals surface area contributed by atoms with Crippen molar-refractivity contribution in [2.24, 2.45) is 4.99 Å². The summed E-state index contributed by atoms with van der Waals surface area (Å²) in [6, 6.07) is 10.4. The lowest BCUT2D eigenvalue weighted by molar-refractivity contribution is -0.129. The van der Waals surface area contributed by atoms with E-state index in [4.69, 9.17) is 4.74 Å². The van der Waals surface area contributed by atoms with Gasteiger partial charge in [0.25, 0.3) is 0 Å². The first-order valence-electron chi connectivity index (χ1n) is 9.98. The molecule has 7 heteroatoms. The first-order valence-corrected chi connectivity index (χ1v) is 9.98. The van der Waals surface area contributed by atoms with Gasteiger partial charge in [0, 0.05) is 51.6 Å². The Kier molecular flexibility index (Phi) is 7.33. The number of para-hydroxylation sites is 1. The molecule has 0 radical (unpaired) electrons. The zero-order valence-electron chi connectivity index (χ0n) is 16.2. The van der Waals surface area contributed by atoms with Crippen molar-refractivity contribution in [2.75, 3.05) is 57.3 Å². The van der Waals surface area contributed by atoms with E-state index < -0.39 is 0 Å². The molecule has 1 amide bonds. The summed E-state index contributed by atoms with van der Waals surface area (Å²) in [5.74, 6) is 0.765. The van der Waals surface area contributed by atoms with Crippen LogP contribution in [0.15, 0.2) is 35.3 Å². The van der Waals surface area contributed by atoms with Gasteiger partial charge in [-0.15, -0.1) is 0 Å². The second-order valence-electron chi connectivity index (χ2n) is 6.91. The molecule has 0 aliphatic carbocycles. The normalized spacial score (nSPS) is 20.6. The third kappa shape index (κ3) is 5.85. The van der Waals surface area contributed by atoms with Crippen molar-refractivity contribution in [2.45, 2.75) is 25.9 Å². The van der Waals surface area contributed by atoms with Gasteiger partial charge in [-0.25, -0.2) is 4.99 Å². The van der Waals surface area contributed by atoms with Gasteiger partial charge in [-0.1, -0.05) is 18.2 Å². The molecule has 0 aromatic heterocycles. The lowest BCUT2D eigenvalue weighted by Gasteiger charge is -2.36. The molecule has 1 atom stereocenters. The van der Waals surface area contributed by atoms with Gasteiger partial charge in [-0.2, -0.15) is 0 Å². The van der Waals surface area contributed by atoms with Gasteiger partial charge in [0.1, 0.15) is 6.54 Å². The molecule has 2 fully saturated rings. The fraction of sp³-hybridized carbons (Fsp3) is 0.600. The summed E-state index contributed by atoms with van der Waals surface area (Å²) in [6.45, 7) is 7.73. The number of rotatable bonds is 6. The zero-order chi connectivity index (χ0) is 18.9. The van der Waals surface area contributed by atoms with Crippen LogP contribution in [0.25, 0.3) is 0 Å². The van der Waals surface area contributed by atoms with E-state index in [1.54, 1.807) is 0 Å². The van der Waals surface area contributed by atoms with Gasteiger partial charge in [0.05, 0.1) is 6.10 Å². The van der Waals surface area contributed by atoms with E-state index in [1.807, 2.05) is 30.0 Å². The Bertz CT molecular complexity index is 608. The average Bonchev–Trinajstić information content (AvgIpc) is 3.24. The van der Waals surface area contributed by atoms with Crippen LogP contribution in [0.4, 0.5) is 5.69 Å². The smallest absolute Gasteiger partial charge is 0.244 e.